The summed E-state index contributed by atoms with van der Waals surface area (Å²) in [4.78, 5) is 14.7. The van der Waals surface area contributed by atoms with Gasteiger partial charge in [-0.25, -0.2) is 0 Å². The molecule has 1 aromatic rings. The molecule has 1 heterocycles. The monoisotopic (exact) mass is 289 g/mol. The lowest BCUT2D eigenvalue weighted by molar-refractivity contribution is 0.0945. The molecule has 1 amide bonds. The fourth-order valence-corrected chi connectivity index (χ4v) is 2.92. The molecule has 0 aromatic heterocycles. The molecule has 1 aromatic carbocycles. The first kappa shape index (κ1) is 15.8. The molecular formula is C17H27N3O. The number of anilines is 1. The van der Waals surface area contributed by atoms with Gasteiger partial charge in [0.25, 0.3) is 5.91 Å². The zero-order valence-electron chi connectivity index (χ0n) is 13.4. The SMILES string of the molecule is CNc1ccc(C(=O)NCC(C)CN2CCCC2)cc1C. The quantitative estimate of drug-likeness (QED) is 0.845. The van der Waals surface area contributed by atoms with Gasteiger partial charge in [0.15, 0.2) is 0 Å². The van der Waals surface area contributed by atoms with Gasteiger partial charge in [0.2, 0.25) is 0 Å². The Morgan fingerprint density at radius 3 is 2.67 bits per heavy atom. The van der Waals surface area contributed by atoms with E-state index in [0.29, 0.717) is 5.92 Å². The van der Waals surface area contributed by atoms with E-state index in [1.54, 1.807) is 0 Å². The van der Waals surface area contributed by atoms with Crippen molar-refractivity contribution in [2.45, 2.75) is 26.7 Å². The van der Waals surface area contributed by atoms with E-state index in [4.69, 9.17) is 0 Å². The second-order valence-corrected chi connectivity index (χ2v) is 6.10. The lowest BCUT2D eigenvalue weighted by Crippen LogP contribution is -2.34. The molecule has 0 spiro atoms. The molecule has 1 aliphatic rings. The first-order valence-electron chi connectivity index (χ1n) is 7.89. The van der Waals surface area contributed by atoms with Crippen LogP contribution in [0.2, 0.25) is 0 Å². The fourth-order valence-electron chi connectivity index (χ4n) is 2.92. The fraction of sp³-hybridized carbons (Fsp3) is 0.588. The maximum atomic E-state index is 12.2. The van der Waals surface area contributed by atoms with Gasteiger partial charge in [0, 0.05) is 31.4 Å². The van der Waals surface area contributed by atoms with Gasteiger partial charge in [-0.3, -0.25) is 4.79 Å². The van der Waals surface area contributed by atoms with Crippen LogP contribution in [0.15, 0.2) is 18.2 Å². The molecular weight excluding hydrogens is 262 g/mol. The van der Waals surface area contributed by atoms with E-state index in [0.717, 1.165) is 29.9 Å². The Bertz CT molecular complexity index is 481. The third-order valence-corrected chi connectivity index (χ3v) is 4.14. The smallest absolute Gasteiger partial charge is 0.251 e. The Hall–Kier alpha value is -1.55. The summed E-state index contributed by atoms with van der Waals surface area (Å²) in [7, 11) is 1.89. The van der Waals surface area contributed by atoms with Crippen LogP contribution in [0.1, 0.15) is 35.7 Å². The topological polar surface area (TPSA) is 44.4 Å². The zero-order chi connectivity index (χ0) is 15.2. The highest BCUT2D eigenvalue weighted by Crippen LogP contribution is 2.16. The third kappa shape index (κ3) is 4.46. The van der Waals surface area contributed by atoms with Gasteiger partial charge in [0.1, 0.15) is 0 Å². The second-order valence-electron chi connectivity index (χ2n) is 6.10. The lowest BCUT2D eigenvalue weighted by atomic mass is 10.1. The van der Waals surface area contributed by atoms with Crippen molar-refractivity contribution >= 4 is 11.6 Å². The normalized spacial score (nSPS) is 16.7. The third-order valence-electron chi connectivity index (χ3n) is 4.14. The molecule has 21 heavy (non-hydrogen) atoms. The van der Waals surface area contributed by atoms with E-state index >= 15 is 0 Å². The molecule has 0 radical (unpaired) electrons. The number of benzene rings is 1. The molecule has 1 atom stereocenters. The maximum absolute atomic E-state index is 12.2. The Kier molecular flexibility index (Phi) is 5.62. The van der Waals surface area contributed by atoms with Crippen LogP contribution >= 0.6 is 0 Å². The van der Waals surface area contributed by atoms with Crippen LogP contribution < -0.4 is 10.6 Å². The highest BCUT2D eigenvalue weighted by molar-refractivity contribution is 5.94. The first-order valence-corrected chi connectivity index (χ1v) is 7.89. The Morgan fingerprint density at radius 2 is 2.05 bits per heavy atom. The predicted octanol–water partition coefficient (Wildman–Crippen LogP) is 2.50. The van der Waals surface area contributed by atoms with Crippen molar-refractivity contribution in [2.75, 3.05) is 38.5 Å². The van der Waals surface area contributed by atoms with E-state index in [1.165, 1.54) is 25.9 Å². The van der Waals surface area contributed by atoms with E-state index in [2.05, 4.69) is 22.5 Å². The molecule has 4 heteroatoms. The Balaban J connectivity index is 1.82. The number of hydrogen-bond acceptors (Lipinski definition) is 3. The number of hydrogen-bond donors (Lipinski definition) is 2. The Labute approximate surface area is 127 Å². The van der Waals surface area contributed by atoms with Crippen molar-refractivity contribution in [1.82, 2.24) is 10.2 Å². The lowest BCUT2D eigenvalue weighted by Gasteiger charge is -2.20. The number of rotatable bonds is 6. The molecule has 1 unspecified atom stereocenters. The Morgan fingerprint density at radius 1 is 1.33 bits per heavy atom. The van der Waals surface area contributed by atoms with E-state index in [1.807, 2.05) is 32.2 Å². The summed E-state index contributed by atoms with van der Waals surface area (Å²) >= 11 is 0. The van der Waals surface area contributed by atoms with Crippen LogP contribution in [0.4, 0.5) is 5.69 Å². The molecule has 4 nitrogen and oxygen atoms in total. The van der Waals surface area contributed by atoms with Crippen molar-refractivity contribution in [2.24, 2.45) is 5.92 Å². The van der Waals surface area contributed by atoms with Crippen molar-refractivity contribution < 1.29 is 4.79 Å². The van der Waals surface area contributed by atoms with Gasteiger partial charge in [-0.15, -0.1) is 0 Å². The molecule has 1 saturated heterocycles. The first-order chi connectivity index (χ1) is 10.1. The van der Waals surface area contributed by atoms with Gasteiger partial charge >= 0.3 is 0 Å². The molecule has 1 fully saturated rings. The molecule has 0 saturated carbocycles. The molecule has 2 rings (SSSR count). The zero-order valence-corrected chi connectivity index (χ0v) is 13.4. The number of likely N-dealkylation sites (tertiary alicyclic amines) is 1. The summed E-state index contributed by atoms with van der Waals surface area (Å²) < 4.78 is 0. The predicted molar refractivity (Wildman–Crippen MR) is 87.9 cm³/mol. The summed E-state index contributed by atoms with van der Waals surface area (Å²) in [5, 5.41) is 6.17. The summed E-state index contributed by atoms with van der Waals surface area (Å²) in [6.07, 6.45) is 2.63. The van der Waals surface area contributed by atoms with Crippen LogP contribution in [-0.2, 0) is 0 Å². The minimum Gasteiger partial charge on any atom is -0.388 e. The van der Waals surface area contributed by atoms with Gasteiger partial charge in [0.05, 0.1) is 0 Å². The van der Waals surface area contributed by atoms with E-state index in [9.17, 15) is 4.79 Å². The number of carbonyl (C=O) groups is 1. The maximum Gasteiger partial charge on any atom is 0.251 e. The number of aryl methyl sites for hydroxylation is 1. The van der Waals surface area contributed by atoms with E-state index < -0.39 is 0 Å². The molecule has 1 aliphatic heterocycles. The van der Waals surface area contributed by atoms with Crippen molar-refractivity contribution in [1.29, 1.82) is 0 Å². The molecule has 116 valence electrons. The highest BCUT2D eigenvalue weighted by atomic mass is 16.1. The molecule has 2 N–H and O–H groups in total. The van der Waals surface area contributed by atoms with Gasteiger partial charge < -0.3 is 15.5 Å². The van der Waals surface area contributed by atoms with Gasteiger partial charge in [-0.2, -0.15) is 0 Å². The summed E-state index contributed by atoms with van der Waals surface area (Å²) in [5.74, 6) is 0.513. The van der Waals surface area contributed by atoms with Crippen molar-refractivity contribution in [3.05, 3.63) is 29.3 Å². The number of carbonyl (C=O) groups excluding carboxylic acids is 1. The standard InChI is InChI=1S/C17H27N3O/c1-13(12-20-8-4-5-9-20)11-19-17(21)15-6-7-16(18-3)14(2)10-15/h6-7,10,13,18H,4-5,8-9,11-12H2,1-3H3,(H,19,21). The summed E-state index contributed by atoms with van der Waals surface area (Å²) in [6, 6.07) is 5.77. The van der Waals surface area contributed by atoms with Crippen LogP contribution in [0.25, 0.3) is 0 Å². The minimum absolute atomic E-state index is 0.0222. The van der Waals surface area contributed by atoms with Crippen LogP contribution in [0.3, 0.4) is 0 Å². The van der Waals surface area contributed by atoms with Crippen molar-refractivity contribution in [3.8, 4) is 0 Å². The van der Waals surface area contributed by atoms with Gasteiger partial charge in [-0.05, 0) is 62.5 Å². The van der Waals surface area contributed by atoms with Crippen molar-refractivity contribution in [3.63, 3.8) is 0 Å². The van der Waals surface area contributed by atoms with Crippen LogP contribution in [-0.4, -0.2) is 44.0 Å². The molecule has 0 bridgehead atoms. The largest absolute Gasteiger partial charge is 0.388 e. The summed E-state index contributed by atoms with van der Waals surface area (Å²) in [6.45, 7) is 8.46. The summed E-state index contributed by atoms with van der Waals surface area (Å²) in [5.41, 5.74) is 2.89. The van der Waals surface area contributed by atoms with Crippen LogP contribution in [0.5, 0.6) is 0 Å². The van der Waals surface area contributed by atoms with Gasteiger partial charge in [-0.1, -0.05) is 6.92 Å². The van der Waals surface area contributed by atoms with E-state index in [-0.39, 0.29) is 5.91 Å². The minimum atomic E-state index is 0.0222. The average molecular weight is 289 g/mol. The number of amides is 1. The number of nitrogens with one attached hydrogen (secondary N) is 2. The second kappa shape index (κ2) is 7.46. The average Bonchev–Trinajstić information content (AvgIpc) is 2.97. The highest BCUT2D eigenvalue weighted by Gasteiger charge is 2.15. The number of nitrogens with zero attached hydrogens (tertiary/aromatic N) is 1. The molecule has 0 aliphatic carbocycles. The van der Waals surface area contributed by atoms with Crippen LogP contribution in [0, 0.1) is 12.8 Å².